The first-order valence-corrected chi connectivity index (χ1v) is 11.1. The normalized spacial score (nSPS) is 15.9. The summed E-state index contributed by atoms with van der Waals surface area (Å²) in [6.07, 6.45) is 5.75. The number of aliphatic imine (C=N–C) groups is 1. The van der Waals surface area contributed by atoms with Crippen molar-refractivity contribution in [1.29, 1.82) is 0 Å². The Hall–Kier alpha value is -3.93. The van der Waals surface area contributed by atoms with Gasteiger partial charge in [0.2, 0.25) is 5.88 Å². The highest BCUT2D eigenvalue weighted by molar-refractivity contribution is 6.04. The molecule has 4 rings (SSSR count). The third kappa shape index (κ3) is 6.07. The number of anilines is 1. The molecule has 0 spiro atoms. The van der Waals surface area contributed by atoms with Gasteiger partial charge in [-0.05, 0) is 59.9 Å². The van der Waals surface area contributed by atoms with Crippen molar-refractivity contribution < 1.29 is 9.53 Å². The maximum atomic E-state index is 12.8. The topological polar surface area (TPSA) is 75.6 Å². The highest BCUT2D eigenvalue weighted by Gasteiger charge is 2.16. The Morgan fingerprint density at radius 2 is 1.88 bits per heavy atom. The van der Waals surface area contributed by atoms with Crippen molar-refractivity contribution >= 4 is 17.4 Å². The molecule has 33 heavy (non-hydrogen) atoms. The molecule has 2 aromatic carbocycles. The molecule has 0 saturated carbocycles. The zero-order valence-corrected chi connectivity index (χ0v) is 18.9. The number of rotatable bonds is 7. The number of dihydropyridines is 1. The van der Waals surface area contributed by atoms with E-state index >= 15 is 0 Å². The van der Waals surface area contributed by atoms with E-state index in [1.165, 1.54) is 5.56 Å². The zero-order valence-electron chi connectivity index (χ0n) is 18.9. The minimum absolute atomic E-state index is 0.197. The van der Waals surface area contributed by atoms with Gasteiger partial charge in [0, 0.05) is 25.0 Å². The summed E-state index contributed by atoms with van der Waals surface area (Å²) in [5.74, 6) is 2.17. The van der Waals surface area contributed by atoms with E-state index in [1.807, 2.05) is 48.5 Å². The minimum Gasteiger partial charge on any atom is -0.438 e. The molecule has 3 aromatic rings. The molecule has 6 nitrogen and oxygen atoms in total. The van der Waals surface area contributed by atoms with Crippen LogP contribution in [0.25, 0.3) is 0 Å². The first-order chi connectivity index (χ1) is 16.1. The molecule has 2 N–H and O–H groups in total. The van der Waals surface area contributed by atoms with Gasteiger partial charge in [-0.25, -0.2) is 4.98 Å². The van der Waals surface area contributed by atoms with Crippen LogP contribution in [0.5, 0.6) is 11.6 Å². The van der Waals surface area contributed by atoms with Gasteiger partial charge in [0.15, 0.2) is 0 Å². The van der Waals surface area contributed by atoms with Gasteiger partial charge in [-0.3, -0.25) is 9.79 Å². The van der Waals surface area contributed by atoms with Crippen LogP contribution in [0.4, 0.5) is 5.69 Å². The van der Waals surface area contributed by atoms with Crippen LogP contribution in [0, 0.1) is 5.92 Å². The predicted molar refractivity (Wildman–Crippen MR) is 132 cm³/mol. The first kappa shape index (κ1) is 22.3. The Kier molecular flexibility index (Phi) is 7.15. The number of nitrogens with zero attached hydrogens (tertiary/aromatic N) is 2. The van der Waals surface area contributed by atoms with Gasteiger partial charge >= 0.3 is 0 Å². The average Bonchev–Trinajstić information content (AvgIpc) is 2.86. The fraction of sp³-hybridized carbons (Fsp3) is 0.222. The molecule has 0 fully saturated rings. The van der Waals surface area contributed by atoms with Crippen LogP contribution in [0.2, 0.25) is 0 Å². The van der Waals surface area contributed by atoms with E-state index in [-0.39, 0.29) is 17.7 Å². The number of benzene rings is 2. The zero-order chi connectivity index (χ0) is 23.0. The van der Waals surface area contributed by atoms with Crippen molar-refractivity contribution in [3.8, 4) is 11.6 Å². The second kappa shape index (κ2) is 10.6. The van der Waals surface area contributed by atoms with Crippen LogP contribution in [0.15, 0.2) is 90.1 Å². The summed E-state index contributed by atoms with van der Waals surface area (Å²) in [4.78, 5) is 21.6. The highest BCUT2D eigenvalue weighted by Crippen LogP contribution is 2.25. The van der Waals surface area contributed by atoms with E-state index in [0.29, 0.717) is 23.8 Å². The second-order valence-corrected chi connectivity index (χ2v) is 8.19. The van der Waals surface area contributed by atoms with Gasteiger partial charge < -0.3 is 15.4 Å². The summed E-state index contributed by atoms with van der Waals surface area (Å²) >= 11 is 0. The van der Waals surface area contributed by atoms with Crippen LogP contribution in [-0.2, 0) is 0 Å². The monoisotopic (exact) mass is 440 g/mol. The lowest BCUT2D eigenvalue weighted by molar-refractivity contribution is 0.0948. The van der Waals surface area contributed by atoms with Crippen LogP contribution >= 0.6 is 0 Å². The quantitative estimate of drug-likeness (QED) is 0.514. The molecule has 2 heterocycles. The fourth-order valence-electron chi connectivity index (χ4n) is 3.44. The van der Waals surface area contributed by atoms with Crippen molar-refractivity contribution in [2.45, 2.75) is 19.8 Å². The Labute approximate surface area is 194 Å². The Bertz CT molecular complexity index is 1140. The van der Waals surface area contributed by atoms with Crippen molar-refractivity contribution in [2.75, 3.05) is 18.4 Å². The van der Waals surface area contributed by atoms with Crippen LogP contribution < -0.4 is 15.4 Å². The molecule has 0 radical (unpaired) electrons. The summed E-state index contributed by atoms with van der Waals surface area (Å²) in [7, 11) is 0. The van der Waals surface area contributed by atoms with Gasteiger partial charge in [0.1, 0.15) is 17.1 Å². The van der Waals surface area contributed by atoms with E-state index in [1.54, 1.807) is 18.3 Å². The van der Waals surface area contributed by atoms with Crippen molar-refractivity contribution in [3.05, 3.63) is 96.2 Å². The standard InChI is InChI=1S/C27H28N4O2/c1-19-10-15-25(29-17-19)31-22-11-13-23(14-12-22)33-27-24(9-6-16-28-27)26(32)30-18-20(2)21-7-4-3-5-8-21/h3-16,19-20H,17-18H2,1-2H3,(H,29,31)(H,30,32). The van der Waals surface area contributed by atoms with Crippen molar-refractivity contribution in [3.63, 3.8) is 0 Å². The summed E-state index contributed by atoms with van der Waals surface area (Å²) in [6.45, 7) is 5.53. The molecule has 0 saturated heterocycles. The highest BCUT2D eigenvalue weighted by atomic mass is 16.5. The van der Waals surface area contributed by atoms with E-state index in [9.17, 15) is 4.79 Å². The van der Waals surface area contributed by atoms with Crippen LogP contribution in [-0.4, -0.2) is 29.8 Å². The lowest BCUT2D eigenvalue weighted by atomic mass is 10.0. The third-order valence-corrected chi connectivity index (χ3v) is 5.43. The van der Waals surface area contributed by atoms with E-state index in [2.05, 4.69) is 52.7 Å². The lowest BCUT2D eigenvalue weighted by Gasteiger charge is -2.15. The molecule has 1 aliphatic heterocycles. The third-order valence-electron chi connectivity index (χ3n) is 5.43. The number of nitrogens with one attached hydrogen (secondary N) is 2. The maximum Gasteiger partial charge on any atom is 0.256 e. The van der Waals surface area contributed by atoms with Gasteiger partial charge in [-0.2, -0.15) is 0 Å². The smallest absolute Gasteiger partial charge is 0.256 e. The Morgan fingerprint density at radius 3 is 2.61 bits per heavy atom. The van der Waals surface area contributed by atoms with E-state index in [4.69, 9.17) is 4.74 Å². The molecule has 1 aromatic heterocycles. The molecule has 2 atom stereocenters. The fourth-order valence-corrected chi connectivity index (χ4v) is 3.44. The molecule has 6 heteroatoms. The number of hydrogen-bond acceptors (Lipinski definition) is 5. The van der Waals surface area contributed by atoms with Crippen LogP contribution in [0.3, 0.4) is 0 Å². The number of amides is 1. The molecule has 0 aliphatic carbocycles. The number of carbonyl (C=O) groups is 1. The molecule has 1 amide bonds. The lowest BCUT2D eigenvalue weighted by Crippen LogP contribution is -2.28. The number of hydrogen-bond donors (Lipinski definition) is 2. The number of ether oxygens (including phenoxy) is 1. The van der Waals surface area contributed by atoms with Gasteiger partial charge in [0.05, 0.1) is 0 Å². The van der Waals surface area contributed by atoms with E-state index in [0.717, 1.165) is 18.1 Å². The minimum atomic E-state index is -0.213. The molecular weight excluding hydrogens is 412 g/mol. The second-order valence-electron chi connectivity index (χ2n) is 8.19. The van der Waals surface area contributed by atoms with E-state index < -0.39 is 0 Å². The Morgan fingerprint density at radius 1 is 1.09 bits per heavy atom. The summed E-state index contributed by atoms with van der Waals surface area (Å²) in [5.41, 5.74) is 2.49. The van der Waals surface area contributed by atoms with Crippen molar-refractivity contribution in [2.24, 2.45) is 10.9 Å². The SMILES string of the molecule is CC1C=CC(Nc2ccc(Oc3ncccc3C(=O)NCC(C)c3ccccc3)cc2)=NC1. The largest absolute Gasteiger partial charge is 0.438 e. The maximum absolute atomic E-state index is 12.8. The molecule has 0 bridgehead atoms. The molecule has 168 valence electrons. The van der Waals surface area contributed by atoms with Crippen LogP contribution in [0.1, 0.15) is 35.7 Å². The number of amidine groups is 1. The molecular formula is C27H28N4O2. The average molecular weight is 441 g/mol. The first-order valence-electron chi connectivity index (χ1n) is 11.1. The predicted octanol–water partition coefficient (Wildman–Crippen LogP) is 5.42. The number of aromatic nitrogens is 1. The van der Waals surface area contributed by atoms with Gasteiger partial charge in [-0.15, -0.1) is 0 Å². The number of pyridine rings is 1. The summed E-state index contributed by atoms with van der Waals surface area (Å²) in [6, 6.07) is 21.1. The van der Waals surface area contributed by atoms with Gasteiger partial charge in [-0.1, -0.05) is 50.3 Å². The number of carbonyl (C=O) groups excluding carboxylic acids is 1. The van der Waals surface area contributed by atoms with Crippen molar-refractivity contribution in [1.82, 2.24) is 10.3 Å². The molecule has 1 aliphatic rings. The summed E-state index contributed by atoms with van der Waals surface area (Å²) < 4.78 is 5.94. The molecule has 2 unspecified atom stereocenters. The summed E-state index contributed by atoms with van der Waals surface area (Å²) in [5, 5.41) is 6.28. The Balaban J connectivity index is 1.38. The van der Waals surface area contributed by atoms with Gasteiger partial charge in [0.25, 0.3) is 5.91 Å².